The first-order chi connectivity index (χ1) is 7.43. The first kappa shape index (κ1) is 8.17. The summed E-state index contributed by atoms with van der Waals surface area (Å²) in [6.45, 7) is 0. The van der Waals surface area contributed by atoms with E-state index in [1.807, 2.05) is 24.3 Å². The van der Waals surface area contributed by atoms with Crippen LogP contribution in [0, 0.1) is 6.07 Å². The lowest BCUT2D eigenvalue weighted by atomic mass is 10.1. The van der Waals surface area contributed by atoms with Crippen molar-refractivity contribution in [2.24, 2.45) is 0 Å². The molecule has 3 aromatic rings. The average Bonchev–Trinajstić information content (AvgIpc) is 2.82. The Morgan fingerprint density at radius 1 is 1.07 bits per heavy atom. The summed E-state index contributed by atoms with van der Waals surface area (Å²) in [7, 11) is 0. The number of nitrogens with zero attached hydrogens (tertiary/aromatic N) is 2. The van der Waals surface area contributed by atoms with E-state index in [-0.39, 0.29) is 0 Å². The molecule has 0 aliphatic heterocycles. The maximum absolute atomic E-state index is 3.96. The van der Waals surface area contributed by atoms with E-state index < -0.39 is 0 Å². The molecule has 0 unspecified atom stereocenters. The topological polar surface area (TPSA) is 41.6 Å². The van der Waals surface area contributed by atoms with Gasteiger partial charge < -0.3 is 0 Å². The Balaban J connectivity index is 2.22. The van der Waals surface area contributed by atoms with E-state index in [0.717, 1.165) is 16.6 Å². The van der Waals surface area contributed by atoms with E-state index in [0.29, 0.717) is 0 Å². The molecule has 3 rings (SSSR count). The van der Waals surface area contributed by atoms with E-state index in [9.17, 15) is 0 Å². The summed E-state index contributed by atoms with van der Waals surface area (Å²) in [6, 6.07) is 15.5. The minimum absolute atomic E-state index is 0.820. The third-order valence-corrected chi connectivity index (χ3v) is 2.35. The molecule has 15 heavy (non-hydrogen) atoms. The second-order valence-electron chi connectivity index (χ2n) is 3.32. The molecule has 2 aromatic carbocycles. The van der Waals surface area contributed by atoms with Gasteiger partial charge in [0.05, 0.1) is 6.20 Å². The van der Waals surface area contributed by atoms with Gasteiger partial charge in [-0.25, -0.2) is 0 Å². The van der Waals surface area contributed by atoms with Gasteiger partial charge in [-0.15, -0.1) is 5.10 Å². The summed E-state index contributed by atoms with van der Waals surface area (Å²) in [6.07, 6.45) is 1.76. The van der Waals surface area contributed by atoms with Gasteiger partial charge in [-0.05, 0) is 10.8 Å². The number of hydrogen-bond acceptors (Lipinski definition) is 2. The maximum Gasteiger partial charge on any atom is 0.113 e. The summed E-state index contributed by atoms with van der Waals surface area (Å²) in [5.74, 6) is 0. The molecular formula is C12H8N3. The lowest BCUT2D eigenvalue weighted by Crippen LogP contribution is -1.79. The molecule has 3 nitrogen and oxygen atoms in total. The number of rotatable bonds is 1. The third kappa shape index (κ3) is 1.38. The zero-order chi connectivity index (χ0) is 10.1. The average molecular weight is 194 g/mol. The van der Waals surface area contributed by atoms with E-state index in [1.54, 1.807) is 6.20 Å². The van der Waals surface area contributed by atoms with Gasteiger partial charge >= 0.3 is 0 Å². The Morgan fingerprint density at radius 3 is 2.87 bits per heavy atom. The van der Waals surface area contributed by atoms with Crippen LogP contribution in [-0.2, 0) is 0 Å². The molecular weight excluding hydrogens is 186 g/mol. The van der Waals surface area contributed by atoms with Crippen molar-refractivity contribution in [3.8, 4) is 11.3 Å². The zero-order valence-corrected chi connectivity index (χ0v) is 7.94. The van der Waals surface area contributed by atoms with Gasteiger partial charge in [-0.1, -0.05) is 41.6 Å². The SMILES string of the molecule is [c]1c(-c2c[nH]nn2)ccc2ccccc12. The van der Waals surface area contributed by atoms with Crippen molar-refractivity contribution in [2.45, 2.75) is 0 Å². The van der Waals surface area contributed by atoms with Crippen molar-refractivity contribution in [3.05, 3.63) is 48.7 Å². The van der Waals surface area contributed by atoms with Gasteiger partial charge in [0.1, 0.15) is 5.69 Å². The van der Waals surface area contributed by atoms with Crippen LogP contribution in [-0.4, -0.2) is 15.4 Å². The highest BCUT2D eigenvalue weighted by molar-refractivity contribution is 5.85. The highest BCUT2D eigenvalue weighted by atomic mass is 15.3. The molecule has 0 saturated heterocycles. The van der Waals surface area contributed by atoms with Crippen LogP contribution in [0.1, 0.15) is 0 Å². The van der Waals surface area contributed by atoms with Gasteiger partial charge in [0.2, 0.25) is 0 Å². The third-order valence-electron chi connectivity index (χ3n) is 2.35. The zero-order valence-electron chi connectivity index (χ0n) is 7.94. The Morgan fingerprint density at radius 2 is 2.00 bits per heavy atom. The lowest BCUT2D eigenvalue weighted by Gasteiger charge is -1.98. The number of benzene rings is 2. The number of nitrogens with one attached hydrogen (secondary N) is 1. The van der Waals surface area contributed by atoms with Crippen molar-refractivity contribution in [3.63, 3.8) is 0 Å². The van der Waals surface area contributed by atoms with Crippen LogP contribution in [0.15, 0.2) is 42.6 Å². The molecule has 3 heteroatoms. The fourth-order valence-corrected chi connectivity index (χ4v) is 1.60. The molecule has 0 fully saturated rings. The standard InChI is InChI=1S/C12H8N3/c1-2-4-10-7-11(6-5-9(10)3-1)12-8-13-15-14-12/h1-6,8H,(H,13,14,15). The number of fused-ring (bicyclic) bond motifs is 1. The van der Waals surface area contributed by atoms with E-state index >= 15 is 0 Å². The molecule has 1 N–H and O–H groups in total. The van der Waals surface area contributed by atoms with Crippen molar-refractivity contribution >= 4 is 10.8 Å². The summed E-state index contributed by atoms with van der Waals surface area (Å²) < 4.78 is 0. The highest BCUT2D eigenvalue weighted by Gasteiger charge is 2.01. The molecule has 0 bridgehead atoms. The number of aromatic amines is 1. The molecule has 0 spiro atoms. The van der Waals surface area contributed by atoms with Gasteiger partial charge in [0, 0.05) is 11.6 Å². The van der Waals surface area contributed by atoms with E-state index in [4.69, 9.17) is 0 Å². The Bertz CT molecular complexity index is 585. The monoisotopic (exact) mass is 194 g/mol. The second kappa shape index (κ2) is 3.20. The van der Waals surface area contributed by atoms with Crippen LogP contribution in [0.5, 0.6) is 0 Å². The maximum atomic E-state index is 3.96. The second-order valence-corrected chi connectivity index (χ2v) is 3.32. The summed E-state index contributed by atoms with van der Waals surface area (Å²) in [4.78, 5) is 0. The first-order valence-corrected chi connectivity index (χ1v) is 4.71. The molecule has 1 heterocycles. The van der Waals surface area contributed by atoms with Crippen molar-refractivity contribution in [2.75, 3.05) is 0 Å². The Kier molecular flexibility index (Phi) is 1.75. The largest absolute Gasteiger partial charge is 0.265 e. The first-order valence-electron chi connectivity index (χ1n) is 4.71. The highest BCUT2D eigenvalue weighted by Crippen LogP contribution is 2.21. The van der Waals surface area contributed by atoms with Crippen molar-refractivity contribution in [1.29, 1.82) is 0 Å². The predicted octanol–water partition coefficient (Wildman–Crippen LogP) is 2.43. The number of H-pyrrole nitrogens is 1. The fourth-order valence-electron chi connectivity index (χ4n) is 1.60. The van der Waals surface area contributed by atoms with Crippen molar-refractivity contribution < 1.29 is 0 Å². The van der Waals surface area contributed by atoms with E-state index in [2.05, 4.69) is 33.6 Å². The van der Waals surface area contributed by atoms with Crippen LogP contribution in [0.2, 0.25) is 0 Å². The number of aromatic nitrogens is 3. The van der Waals surface area contributed by atoms with Crippen LogP contribution in [0.3, 0.4) is 0 Å². The van der Waals surface area contributed by atoms with Crippen LogP contribution < -0.4 is 0 Å². The molecule has 1 radical (unpaired) electrons. The summed E-state index contributed by atoms with van der Waals surface area (Å²) >= 11 is 0. The lowest BCUT2D eigenvalue weighted by molar-refractivity contribution is 0.942. The van der Waals surface area contributed by atoms with E-state index in [1.165, 1.54) is 5.39 Å². The Labute approximate surface area is 86.8 Å². The number of hydrogen-bond donors (Lipinski definition) is 1. The normalized spacial score (nSPS) is 10.7. The van der Waals surface area contributed by atoms with Gasteiger partial charge in [-0.2, -0.15) is 0 Å². The summed E-state index contributed by atoms with van der Waals surface area (Å²) in [5.41, 5.74) is 1.78. The van der Waals surface area contributed by atoms with Crippen LogP contribution in [0.25, 0.3) is 22.0 Å². The quantitative estimate of drug-likeness (QED) is 0.646. The van der Waals surface area contributed by atoms with Gasteiger partial charge in [-0.3, -0.25) is 5.10 Å². The smallest absolute Gasteiger partial charge is 0.113 e. The minimum Gasteiger partial charge on any atom is -0.265 e. The molecule has 0 atom stereocenters. The Hall–Kier alpha value is -2.16. The molecule has 0 aliphatic carbocycles. The van der Waals surface area contributed by atoms with Crippen LogP contribution >= 0.6 is 0 Å². The minimum atomic E-state index is 0.820. The van der Waals surface area contributed by atoms with Crippen molar-refractivity contribution in [1.82, 2.24) is 15.4 Å². The summed E-state index contributed by atoms with van der Waals surface area (Å²) in [5, 5.41) is 12.6. The van der Waals surface area contributed by atoms with Crippen LogP contribution in [0.4, 0.5) is 0 Å². The molecule has 0 saturated carbocycles. The molecule has 0 amide bonds. The predicted molar refractivity (Wildman–Crippen MR) is 58.2 cm³/mol. The fraction of sp³-hybridized carbons (Fsp3) is 0. The molecule has 71 valence electrons. The van der Waals surface area contributed by atoms with Gasteiger partial charge in [0.25, 0.3) is 0 Å². The molecule has 0 aliphatic rings. The molecule has 1 aromatic heterocycles. The van der Waals surface area contributed by atoms with Gasteiger partial charge in [0.15, 0.2) is 0 Å².